The van der Waals surface area contributed by atoms with E-state index in [-0.39, 0.29) is 41.0 Å². The molecule has 2 aromatic carbocycles. The lowest BCUT2D eigenvalue weighted by Gasteiger charge is -2.67. The molecule has 0 aromatic heterocycles. The highest BCUT2D eigenvalue weighted by atomic mass is 16.6. The van der Waals surface area contributed by atoms with Crippen LogP contribution in [0.1, 0.15) is 90.2 Å². The maximum Gasteiger partial charge on any atom is 0.408 e. The number of fused-ring (bicyclic) bond motifs is 5. The van der Waals surface area contributed by atoms with Gasteiger partial charge in [-0.25, -0.2) is 14.4 Å². The van der Waals surface area contributed by atoms with Gasteiger partial charge in [0.1, 0.15) is 35.6 Å². The van der Waals surface area contributed by atoms with Crippen LogP contribution >= 0.6 is 0 Å². The Morgan fingerprint density at radius 3 is 2.16 bits per heavy atom. The lowest BCUT2D eigenvalue weighted by molar-refractivity contribution is -0.384. The lowest BCUT2D eigenvalue weighted by atomic mass is 9.44. The number of hydrogen-bond acceptors (Lipinski definition) is 16. The fraction of sp³-hybridized carbons (Fsp3) is 0.558. The number of alkyl carbamates (subject to hydrolysis) is 1. The van der Waals surface area contributed by atoms with Crippen LogP contribution in [-0.2, 0) is 38.1 Å². The van der Waals surface area contributed by atoms with Gasteiger partial charge >= 0.3 is 24.0 Å². The molecule has 11 atom stereocenters. The number of non-ortho nitro benzene ring substituents is 1. The second kappa shape index (κ2) is 15.9. The van der Waals surface area contributed by atoms with Crippen LogP contribution in [0.25, 0.3) is 0 Å². The first-order chi connectivity index (χ1) is 28.3. The van der Waals surface area contributed by atoms with Gasteiger partial charge in [0.25, 0.3) is 5.69 Å². The molecule has 1 aliphatic heterocycles. The molecule has 2 saturated carbocycles. The normalized spacial score (nSPS) is 32.6. The fourth-order valence-corrected chi connectivity index (χ4v) is 9.70. The van der Waals surface area contributed by atoms with Gasteiger partial charge in [-0.15, -0.1) is 0 Å². The van der Waals surface area contributed by atoms with Gasteiger partial charge < -0.3 is 49.4 Å². The van der Waals surface area contributed by atoms with E-state index in [1.165, 1.54) is 52.0 Å². The van der Waals surface area contributed by atoms with E-state index in [2.05, 4.69) is 5.32 Å². The number of aliphatic hydroxyl groups excluding tert-OH is 3. The third-order valence-corrected chi connectivity index (χ3v) is 12.9. The molecule has 3 aliphatic carbocycles. The number of rotatable bonds is 9. The van der Waals surface area contributed by atoms with Gasteiger partial charge in [-0.05, 0) is 63.5 Å². The molecule has 18 heteroatoms. The third kappa shape index (κ3) is 7.68. The number of benzene rings is 2. The average molecular weight is 853 g/mol. The Labute approximate surface area is 351 Å². The molecule has 1 heterocycles. The van der Waals surface area contributed by atoms with Crippen LogP contribution < -0.4 is 5.32 Å². The number of nitrogens with zero attached hydrogens (tertiary/aromatic N) is 1. The molecular weight excluding hydrogens is 800 g/mol. The average Bonchev–Trinajstić information content (AvgIpc) is 3.17. The summed E-state index contributed by atoms with van der Waals surface area (Å²) in [5, 5.41) is 62.9. The van der Waals surface area contributed by atoms with Crippen LogP contribution in [0.3, 0.4) is 0 Å². The second-order valence-corrected chi connectivity index (χ2v) is 18.0. The summed E-state index contributed by atoms with van der Waals surface area (Å²) in [5.41, 5.74) is -9.24. The first kappa shape index (κ1) is 45.3. The van der Waals surface area contributed by atoms with E-state index in [0.717, 1.165) is 19.1 Å². The topological polar surface area (TPSA) is 268 Å². The largest absolute Gasteiger partial charge is 0.456 e. The van der Waals surface area contributed by atoms with Crippen LogP contribution in [0.15, 0.2) is 65.7 Å². The molecule has 3 fully saturated rings. The minimum Gasteiger partial charge on any atom is -0.456 e. The highest BCUT2D eigenvalue weighted by Gasteiger charge is 2.78. The third-order valence-electron chi connectivity index (χ3n) is 12.9. The quantitative estimate of drug-likeness (QED) is 0.0797. The number of carbonyl (C=O) groups excluding carboxylic acids is 5. The minimum atomic E-state index is -2.42. The smallest absolute Gasteiger partial charge is 0.408 e. The van der Waals surface area contributed by atoms with E-state index >= 15 is 0 Å². The van der Waals surface area contributed by atoms with Gasteiger partial charge in [0.2, 0.25) is 0 Å². The summed E-state index contributed by atoms with van der Waals surface area (Å²) in [4.78, 5) is 79.8. The molecule has 1 amide bonds. The van der Waals surface area contributed by atoms with Gasteiger partial charge in [0.05, 0.1) is 40.6 Å². The summed E-state index contributed by atoms with van der Waals surface area (Å²) in [7, 11) is 0. The van der Waals surface area contributed by atoms with Crippen LogP contribution in [0.2, 0.25) is 0 Å². The monoisotopic (exact) mass is 852 g/mol. The Morgan fingerprint density at radius 1 is 1.00 bits per heavy atom. The van der Waals surface area contributed by atoms with Crippen LogP contribution in [0.5, 0.6) is 0 Å². The standard InChI is InChI=1S/C43H52N2O16/c1-21-26(58-37(52)32(49)30(44-38(53)61-39(3,4)5)23-14-16-25(17-15-23)45(55)56)19-43(54)35(59-36(51)24-12-10-9-11-13-24)33-41(8,34(50)31(48)29(21)40(43,6)7)27(47)18-28-42(33,20-57-28)60-22(2)46/h9-17,26-28,30-33,35,47-49,54H,18-20H2,1-8H3,(H,44,53)/t26-,27-,28+,30-,31+,32+,33-,35-,41+,42-,43+/m0/s1. The Morgan fingerprint density at radius 2 is 1.62 bits per heavy atom. The molecular formula is C43H52N2O16. The van der Waals surface area contributed by atoms with Gasteiger partial charge in [0.15, 0.2) is 17.5 Å². The van der Waals surface area contributed by atoms with E-state index in [1.54, 1.807) is 39.0 Å². The maximum absolute atomic E-state index is 15.0. The molecule has 0 radical (unpaired) electrons. The molecule has 61 heavy (non-hydrogen) atoms. The second-order valence-electron chi connectivity index (χ2n) is 18.0. The van der Waals surface area contributed by atoms with Crippen molar-refractivity contribution in [2.45, 2.75) is 128 Å². The summed E-state index contributed by atoms with van der Waals surface area (Å²) in [5.74, 6) is -5.67. The first-order valence-electron chi connectivity index (χ1n) is 19.8. The zero-order chi connectivity index (χ0) is 45.2. The molecule has 2 bridgehead atoms. The van der Waals surface area contributed by atoms with Crippen molar-refractivity contribution >= 4 is 35.5 Å². The number of hydrogen-bond donors (Lipinski definition) is 5. The number of nitro benzene ring substituents is 1. The SMILES string of the molecule is CC(=O)O[C@@]12CO[C@@H]1C[C@H](O)[C@@]1(C)C(=O)[C@H](O)C3=C(C)[C@@H](OC(=O)[C@H](O)[C@@H](NC(=O)OC(C)(C)C)c4ccc([N+](=O)[O-])cc4)C[C@@](O)([C@@H](OC(=O)c4ccccc4)[C@H]21)C3(C)C. The van der Waals surface area contributed by atoms with Crippen molar-refractivity contribution in [1.82, 2.24) is 5.32 Å². The first-order valence-corrected chi connectivity index (χ1v) is 19.8. The molecule has 1 saturated heterocycles. The number of ether oxygens (including phenoxy) is 5. The molecule has 2 aromatic rings. The highest BCUT2D eigenvalue weighted by molar-refractivity contribution is 5.94. The summed E-state index contributed by atoms with van der Waals surface area (Å²) >= 11 is 0. The van der Waals surface area contributed by atoms with Crippen molar-refractivity contribution in [2.75, 3.05) is 6.61 Å². The van der Waals surface area contributed by atoms with Gasteiger partial charge in [-0.2, -0.15) is 0 Å². The highest BCUT2D eigenvalue weighted by Crippen LogP contribution is 2.64. The van der Waals surface area contributed by atoms with Gasteiger partial charge in [-0.3, -0.25) is 19.7 Å². The number of carbonyl (C=O) groups is 5. The molecule has 5 N–H and O–H groups in total. The predicted octanol–water partition coefficient (Wildman–Crippen LogP) is 3.17. The van der Waals surface area contributed by atoms with Crippen LogP contribution in [0, 0.1) is 26.9 Å². The Kier molecular flexibility index (Phi) is 11.8. The molecule has 6 rings (SSSR count). The Hall–Kier alpha value is -5.27. The van der Waals surface area contributed by atoms with Crippen molar-refractivity contribution in [1.29, 1.82) is 0 Å². The summed E-state index contributed by atoms with van der Waals surface area (Å²) < 4.78 is 29.4. The number of amides is 1. The van der Waals surface area contributed by atoms with Crippen LogP contribution in [-0.4, -0.2) is 115 Å². The van der Waals surface area contributed by atoms with E-state index < -0.39 is 117 Å². The van der Waals surface area contributed by atoms with E-state index in [1.807, 2.05) is 0 Å². The Balaban J connectivity index is 1.48. The summed E-state index contributed by atoms with van der Waals surface area (Å²) in [6, 6.07) is 10.7. The number of ketones is 1. The van der Waals surface area contributed by atoms with Crippen molar-refractivity contribution in [3.63, 3.8) is 0 Å². The number of aliphatic hydroxyl groups is 4. The van der Waals surface area contributed by atoms with Gasteiger partial charge in [-0.1, -0.05) is 44.2 Å². The van der Waals surface area contributed by atoms with Crippen LogP contribution in [0.4, 0.5) is 10.5 Å². The zero-order valence-corrected chi connectivity index (χ0v) is 35.1. The summed E-state index contributed by atoms with van der Waals surface area (Å²) in [6.07, 6.45) is -12.2. The lowest BCUT2D eigenvalue weighted by Crippen LogP contribution is -2.81. The van der Waals surface area contributed by atoms with Crippen molar-refractivity contribution in [3.8, 4) is 0 Å². The van der Waals surface area contributed by atoms with E-state index in [0.29, 0.717) is 0 Å². The molecule has 4 aliphatic rings. The fourth-order valence-electron chi connectivity index (χ4n) is 9.70. The summed E-state index contributed by atoms with van der Waals surface area (Å²) in [6.45, 7) is 11.4. The van der Waals surface area contributed by atoms with Crippen molar-refractivity contribution in [3.05, 3.63) is 87.0 Å². The number of Topliss-reactive ketones (excluding diaryl/α,β-unsaturated/α-hetero) is 1. The zero-order valence-electron chi connectivity index (χ0n) is 35.1. The minimum absolute atomic E-state index is 0.0432. The molecule has 0 unspecified atom stereocenters. The van der Waals surface area contributed by atoms with Crippen molar-refractivity contribution in [2.24, 2.45) is 16.7 Å². The predicted molar refractivity (Wildman–Crippen MR) is 210 cm³/mol. The molecule has 0 spiro atoms. The van der Waals surface area contributed by atoms with Gasteiger partial charge in [0, 0.05) is 37.3 Å². The number of nitro groups is 1. The van der Waals surface area contributed by atoms with E-state index in [9.17, 15) is 54.5 Å². The molecule has 18 nitrogen and oxygen atoms in total. The van der Waals surface area contributed by atoms with Crippen molar-refractivity contribution < 1.29 is 73.0 Å². The van der Waals surface area contributed by atoms with E-state index in [4.69, 9.17) is 23.7 Å². The maximum atomic E-state index is 15.0. The Bertz CT molecular complexity index is 2130. The number of esters is 3. The molecule has 330 valence electrons. The number of nitrogens with one attached hydrogen (secondary N) is 1.